The molecule has 0 aliphatic carbocycles. The fourth-order valence-electron chi connectivity index (χ4n) is 1.17. The molecule has 4 nitrogen and oxygen atoms in total. The van der Waals surface area contributed by atoms with Crippen molar-refractivity contribution in [2.24, 2.45) is 0 Å². The quantitative estimate of drug-likeness (QED) is 0.557. The van der Waals surface area contributed by atoms with E-state index in [2.05, 4.69) is 4.90 Å². The van der Waals surface area contributed by atoms with E-state index < -0.39 is 0 Å². The zero-order valence-electron chi connectivity index (χ0n) is 8.40. The third-order valence-electron chi connectivity index (χ3n) is 1.86. The molecule has 0 aliphatic rings. The Kier molecular flexibility index (Phi) is 4.03. The van der Waals surface area contributed by atoms with Gasteiger partial charge in [0, 0.05) is 10.9 Å². The van der Waals surface area contributed by atoms with E-state index in [0.29, 0.717) is 0 Å². The summed E-state index contributed by atoms with van der Waals surface area (Å²) < 4.78 is 0. The molecule has 0 unspecified atom stereocenters. The van der Waals surface area contributed by atoms with Crippen LogP contribution in [0.4, 0.5) is 5.00 Å². The van der Waals surface area contributed by atoms with E-state index in [1.807, 2.05) is 20.2 Å². The first-order chi connectivity index (χ1) is 6.59. The molecule has 0 aliphatic heterocycles. The lowest BCUT2D eigenvalue weighted by atomic mass is 10.2. The highest BCUT2D eigenvalue weighted by Crippen LogP contribution is 2.24. The summed E-state index contributed by atoms with van der Waals surface area (Å²) in [4.78, 5) is 13.3. The lowest BCUT2D eigenvalue weighted by molar-refractivity contribution is -0.380. The largest absolute Gasteiger partial charge is 0.324 e. The second-order valence-electron chi connectivity index (χ2n) is 3.40. The van der Waals surface area contributed by atoms with Gasteiger partial charge in [0.1, 0.15) is 0 Å². The molecule has 0 fully saturated rings. The molecule has 1 heterocycles. The number of rotatable bonds is 5. The van der Waals surface area contributed by atoms with Crippen molar-refractivity contribution in [1.29, 1.82) is 0 Å². The van der Waals surface area contributed by atoms with E-state index in [4.69, 9.17) is 0 Å². The highest BCUT2D eigenvalue weighted by Gasteiger charge is 2.08. The van der Waals surface area contributed by atoms with E-state index in [9.17, 15) is 10.1 Å². The van der Waals surface area contributed by atoms with Gasteiger partial charge >= 0.3 is 5.00 Å². The molecule has 1 aromatic rings. The van der Waals surface area contributed by atoms with Crippen molar-refractivity contribution in [3.63, 3.8) is 0 Å². The zero-order chi connectivity index (χ0) is 10.6. The van der Waals surface area contributed by atoms with Crippen molar-refractivity contribution in [3.05, 3.63) is 27.1 Å². The summed E-state index contributed by atoms with van der Waals surface area (Å²) in [5.41, 5.74) is 0. The summed E-state index contributed by atoms with van der Waals surface area (Å²) in [6, 6.07) is 3.42. The molecule has 0 aromatic carbocycles. The SMILES string of the molecule is CN(C)CCCc1ccc([N+](=O)[O-])s1. The Morgan fingerprint density at radius 1 is 1.50 bits per heavy atom. The highest BCUT2D eigenvalue weighted by molar-refractivity contribution is 7.15. The summed E-state index contributed by atoms with van der Waals surface area (Å²) in [5.74, 6) is 0. The zero-order valence-corrected chi connectivity index (χ0v) is 9.21. The second-order valence-corrected chi connectivity index (χ2v) is 4.55. The lowest BCUT2D eigenvalue weighted by Crippen LogP contribution is -2.13. The van der Waals surface area contributed by atoms with Gasteiger partial charge in [0.25, 0.3) is 0 Å². The van der Waals surface area contributed by atoms with Crippen LogP contribution in [0.1, 0.15) is 11.3 Å². The molecule has 0 bridgehead atoms. The Morgan fingerprint density at radius 3 is 2.71 bits per heavy atom. The predicted octanol–water partition coefficient (Wildman–Crippen LogP) is 2.15. The van der Waals surface area contributed by atoms with Gasteiger partial charge in [-0.1, -0.05) is 11.3 Å². The Bertz CT molecular complexity index is 310. The fourth-order valence-corrected chi connectivity index (χ4v) is 2.03. The first-order valence-electron chi connectivity index (χ1n) is 4.47. The Balaban J connectivity index is 2.40. The molecule has 5 heteroatoms. The van der Waals surface area contributed by atoms with Gasteiger partial charge in [-0.2, -0.15) is 0 Å². The lowest BCUT2D eigenvalue weighted by Gasteiger charge is -2.07. The van der Waals surface area contributed by atoms with Gasteiger partial charge in [-0.25, -0.2) is 0 Å². The maximum absolute atomic E-state index is 10.4. The second kappa shape index (κ2) is 5.07. The molecule has 0 amide bonds. The fraction of sp³-hybridized carbons (Fsp3) is 0.556. The molecule has 1 aromatic heterocycles. The van der Waals surface area contributed by atoms with Crippen LogP contribution in [0.5, 0.6) is 0 Å². The Morgan fingerprint density at radius 2 is 2.21 bits per heavy atom. The van der Waals surface area contributed by atoms with Gasteiger partial charge in [-0.15, -0.1) is 0 Å². The molecule has 0 saturated heterocycles. The standard InChI is InChI=1S/C9H14N2O2S/c1-10(2)7-3-4-8-5-6-9(14-8)11(12)13/h5-6H,3-4,7H2,1-2H3. The monoisotopic (exact) mass is 214 g/mol. The van der Waals surface area contributed by atoms with Gasteiger partial charge in [0.15, 0.2) is 0 Å². The minimum atomic E-state index is -0.333. The van der Waals surface area contributed by atoms with Crippen LogP contribution in [0.2, 0.25) is 0 Å². The number of thiophene rings is 1. The number of aryl methyl sites for hydroxylation is 1. The Hall–Kier alpha value is -0.940. The van der Waals surface area contributed by atoms with Crippen LogP contribution in [0.3, 0.4) is 0 Å². The molecule has 0 atom stereocenters. The number of hydrogen-bond acceptors (Lipinski definition) is 4. The molecule has 1 rings (SSSR count). The van der Waals surface area contributed by atoms with Crippen LogP contribution in [0.25, 0.3) is 0 Å². The van der Waals surface area contributed by atoms with Crippen molar-refractivity contribution >= 4 is 16.3 Å². The topological polar surface area (TPSA) is 46.4 Å². The molecule has 78 valence electrons. The van der Waals surface area contributed by atoms with Crippen LogP contribution in [-0.2, 0) is 6.42 Å². The maximum atomic E-state index is 10.4. The van der Waals surface area contributed by atoms with E-state index >= 15 is 0 Å². The Labute approximate surface area is 87.3 Å². The average molecular weight is 214 g/mol. The van der Waals surface area contributed by atoms with Crippen molar-refractivity contribution in [2.45, 2.75) is 12.8 Å². The molecule has 14 heavy (non-hydrogen) atoms. The van der Waals surface area contributed by atoms with Gasteiger partial charge in [-0.3, -0.25) is 10.1 Å². The van der Waals surface area contributed by atoms with Crippen molar-refractivity contribution < 1.29 is 4.92 Å². The van der Waals surface area contributed by atoms with Crippen molar-refractivity contribution in [2.75, 3.05) is 20.6 Å². The van der Waals surface area contributed by atoms with Crippen LogP contribution >= 0.6 is 11.3 Å². The number of hydrogen-bond donors (Lipinski definition) is 0. The summed E-state index contributed by atoms with van der Waals surface area (Å²) in [6.07, 6.45) is 1.97. The molecule has 0 saturated carbocycles. The number of nitrogens with zero attached hydrogens (tertiary/aromatic N) is 2. The van der Waals surface area contributed by atoms with Crippen molar-refractivity contribution in [1.82, 2.24) is 4.90 Å². The third kappa shape index (κ3) is 3.43. The van der Waals surface area contributed by atoms with Crippen LogP contribution in [0.15, 0.2) is 12.1 Å². The average Bonchev–Trinajstić information content (AvgIpc) is 2.52. The summed E-state index contributed by atoms with van der Waals surface area (Å²) in [7, 11) is 4.05. The highest BCUT2D eigenvalue weighted by atomic mass is 32.1. The van der Waals surface area contributed by atoms with Gasteiger partial charge in [-0.05, 0) is 39.5 Å². The summed E-state index contributed by atoms with van der Waals surface area (Å²) >= 11 is 1.28. The van der Waals surface area contributed by atoms with Crippen LogP contribution < -0.4 is 0 Å². The summed E-state index contributed by atoms with van der Waals surface area (Å²) in [5, 5.41) is 10.6. The third-order valence-corrected chi connectivity index (χ3v) is 2.95. The van der Waals surface area contributed by atoms with E-state index in [-0.39, 0.29) is 9.92 Å². The van der Waals surface area contributed by atoms with Gasteiger partial charge in [0.2, 0.25) is 0 Å². The number of nitro groups is 1. The van der Waals surface area contributed by atoms with Gasteiger partial charge in [0.05, 0.1) is 4.92 Å². The maximum Gasteiger partial charge on any atom is 0.324 e. The van der Waals surface area contributed by atoms with E-state index in [1.165, 1.54) is 11.3 Å². The van der Waals surface area contributed by atoms with Crippen LogP contribution in [-0.4, -0.2) is 30.5 Å². The predicted molar refractivity (Wildman–Crippen MR) is 57.8 cm³/mol. The minimum Gasteiger partial charge on any atom is -0.309 e. The normalized spacial score (nSPS) is 10.8. The van der Waals surface area contributed by atoms with E-state index in [0.717, 1.165) is 24.3 Å². The first kappa shape index (κ1) is 11.1. The molecule has 0 spiro atoms. The van der Waals surface area contributed by atoms with E-state index in [1.54, 1.807) is 6.07 Å². The molecular formula is C9H14N2O2S. The minimum absolute atomic E-state index is 0.241. The smallest absolute Gasteiger partial charge is 0.309 e. The summed E-state index contributed by atoms with van der Waals surface area (Å²) in [6.45, 7) is 1.02. The molecule has 0 radical (unpaired) electrons. The van der Waals surface area contributed by atoms with Gasteiger partial charge < -0.3 is 4.90 Å². The molecule has 0 N–H and O–H groups in total. The van der Waals surface area contributed by atoms with Crippen molar-refractivity contribution in [3.8, 4) is 0 Å². The first-order valence-corrected chi connectivity index (χ1v) is 5.29. The molecular weight excluding hydrogens is 200 g/mol. The van der Waals surface area contributed by atoms with Crippen LogP contribution in [0, 0.1) is 10.1 Å².